The minimum Gasteiger partial charge on any atom is -0.490 e. The van der Waals surface area contributed by atoms with E-state index in [1.54, 1.807) is 23.5 Å². The van der Waals surface area contributed by atoms with Crippen LogP contribution in [0.3, 0.4) is 0 Å². The van der Waals surface area contributed by atoms with E-state index < -0.39 is 0 Å². The lowest BCUT2D eigenvalue weighted by Crippen LogP contribution is -2.14. The number of ether oxygens (including phenoxy) is 3. The Kier molecular flexibility index (Phi) is 7.30. The van der Waals surface area contributed by atoms with Gasteiger partial charge in [0.1, 0.15) is 0 Å². The number of nitrogens with zero attached hydrogens (tertiary/aromatic N) is 1. The average molecular weight is 427 g/mol. The monoisotopic (exact) mass is 426 g/mol. The Bertz CT molecular complexity index is 989. The molecule has 30 heavy (non-hydrogen) atoms. The number of hydrogen-bond donors (Lipinski definition) is 1. The maximum absolute atomic E-state index is 13.1. The molecule has 3 rings (SSSR count). The molecular formula is C23H26N2O4S. The lowest BCUT2D eigenvalue weighted by atomic mass is 10.1. The van der Waals surface area contributed by atoms with Crippen molar-refractivity contribution in [3.05, 3.63) is 52.3 Å². The summed E-state index contributed by atoms with van der Waals surface area (Å²) in [6.07, 6.45) is 0. The highest BCUT2D eigenvalue weighted by atomic mass is 32.1. The van der Waals surface area contributed by atoms with Crippen LogP contribution in [0.2, 0.25) is 0 Å². The van der Waals surface area contributed by atoms with Crippen LogP contribution in [0.15, 0.2) is 41.8 Å². The second kappa shape index (κ2) is 10.1. The summed E-state index contributed by atoms with van der Waals surface area (Å²) < 4.78 is 17.2. The largest absolute Gasteiger partial charge is 0.490 e. The number of aryl methyl sites for hydroxylation is 1. The van der Waals surface area contributed by atoms with Crippen LogP contribution >= 0.6 is 11.3 Å². The first kappa shape index (κ1) is 21.6. The predicted molar refractivity (Wildman–Crippen MR) is 120 cm³/mol. The fraction of sp³-hybridized carbons (Fsp3) is 0.304. The molecular weight excluding hydrogens is 400 g/mol. The van der Waals surface area contributed by atoms with Crippen LogP contribution in [0, 0.1) is 6.92 Å². The summed E-state index contributed by atoms with van der Waals surface area (Å²) in [5.74, 6) is 1.22. The zero-order chi connectivity index (χ0) is 21.5. The van der Waals surface area contributed by atoms with Gasteiger partial charge in [0.2, 0.25) is 5.75 Å². The summed E-state index contributed by atoms with van der Waals surface area (Å²) >= 11 is 1.57. The highest BCUT2D eigenvalue weighted by Gasteiger charge is 2.19. The number of carbonyl (C=O) groups excluding carboxylic acids is 1. The quantitative estimate of drug-likeness (QED) is 0.485. The first-order chi connectivity index (χ1) is 14.6. The molecule has 3 aromatic rings. The van der Waals surface area contributed by atoms with Gasteiger partial charge in [0, 0.05) is 16.5 Å². The number of anilines is 1. The smallest absolute Gasteiger partial charge is 0.255 e. The Morgan fingerprint density at radius 1 is 1.00 bits per heavy atom. The minimum absolute atomic E-state index is 0.264. The van der Waals surface area contributed by atoms with Crippen LogP contribution in [-0.2, 0) is 0 Å². The van der Waals surface area contributed by atoms with E-state index in [-0.39, 0.29) is 5.91 Å². The number of carbonyl (C=O) groups is 1. The second-order valence-electron chi connectivity index (χ2n) is 6.35. The van der Waals surface area contributed by atoms with Crippen molar-refractivity contribution in [1.82, 2.24) is 4.98 Å². The normalized spacial score (nSPS) is 10.5. The Hall–Kier alpha value is -3.06. The zero-order valence-electron chi connectivity index (χ0n) is 17.7. The number of hydrogen-bond acceptors (Lipinski definition) is 6. The molecule has 0 spiro atoms. The standard InChI is InChI=1S/C23H26N2O4S/c1-5-27-20-12-16(13-21(28-6-2)22(20)29-7-3)23(26)25-18-11-9-8-10-17(18)19-14-30-15(4)24-19/h8-14H,5-7H2,1-4H3,(H,25,26). The Morgan fingerprint density at radius 2 is 1.63 bits per heavy atom. The maximum Gasteiger partial charge on any atom is 0.255 e. The summed E-state index contributed by atoms with van der Waals surface area (Å²) in [5.41, 5.74) is 2.83. The molecule has 6 nitrogen and oxygen atoms in total. The lowest BCUT2D eigenvalue weighted by molar-refractivity contribution is 0.102. The van der Waals surface area contributed by atoms with Gasteiger partial charge < -0.3 is 19.5 Å². The molecule has 0 aliphatic carbocycles. The van der Waals surface area contributed by atoms with Crippen molar-refractivity contribution in [2.45, 2.75) is 27.7 Å². The average Bonchev–Trinajstić information content (AvgIpc) is 3.17. The number of rotatable bonds is 9. The molecule has 158 valence electrons. The van der Waals surface area contributed by atoms with Crippen molar-refractivity contribution in [3.63, 3.8) is 0 Å². The molecule has 0 aliphatic rings. The highest BCUT2D eigenvalue weighted by Crippen LogP contribution is 2.39. The van der Waals surface area contributed by atoms with Crippen LogP contribution in [0.4, 0.5) is 5.69 Å². The van der Waals surface area contributed by atoms with E-state index in [0.717, 1.165) is 16.3 Å². The van der Waals surface area contributed by atoms with Gasteiger partial charge >= 0.3 is 0 Å². The third-order valence-corrected chi connectivity index (χ3v) is 5.02. The Balaban J connectivity index is 1.96. The first-order valence-electron chi connectivity index (χ1n) is 9.96. The topological polar surface area (TPSA) is 69.7 Å². The van der Waals surface area contributed by atoms with Gasteiger partial charge in [-0.2, -0.15) is 0 Å². The number of nitrogens with one attached hydrogen (secondary N) is 1. The molecule has 0 unspecified atom stereocenters. The first-order valence-corrected chi connectivity index (χ1v) is 10.8. The van der Waals surface area contributed by atoms with Crippen LogP contribution in [0.5, 0.6) is 17.2 Å². The van der Waals surface area contributed by atoms with Gasteiger partial charge in [0.15, 0.2) is 11.5 Å². The third kappa shape index (κ3) is 4.91. The molecule has 1 N–H and O–H groups in total. The van der Waals surface area contributed by atoms with Gasteiger partial charge in [-0.15, -0.1) is 11.3 Å². The van der Waals surface area contributed by atoms with E-state index in [9.17, 15) is 4.79 Å². The summed E-state index contributed by atoms with van der Waals surface area (Å²) in [7, 11) is 0. The molecule has 7 heteroatoms. The maximum atomic E-state index is 13.1. The molecule has 0 saturated carbocycles. The fourth-order valence-corrected chi connectivity index (χ4v) is 3.63. The van der Waals surface area contributed by atoms with Crippen LogP contribution in [0.1, 0.15) is 36.1 Å². The Morgan fingerprint density at radius 3 is 2.20 bits per heavy atom. The highest BCUT2D eigenvalue weighted by molar-refractivity contribution is 7.09. The van der Waals surface area contributed by atoms with E-state index in [1.165, 1.54) is 0 Å². The van der Waals surface area contributed by atoms with E-state index in [4.69, 9.17) is 14.2 Å². The van der Waals surface area contributed by atoms with E-state index in [2.05, 4.69) is 10.3 Å². The number of benzene rings is 2. The molecule has 0 atom stereocenters. The molecule has 0 bridgehead atoms. The van der Waals surface area contributed by atoms with Crippen molar-refractivity contribution >= 4 is 22.9 Å². The summed E-state index contributed by atoms with van der Waals surface area (Å²) in [6, 6.07) is 11.0. The van der Waals surface area contributed by atoms with Gasteiger partial charge in [-0.25, -0.2) is 4.98 Å². The van der Waals surface area contributed by atoms with Crippen LogP contribution in [-0.4, -0.2) is 30.7 Å². The second-order valence-corrected chi connectivity index (χ2v) is 7.41. The Labute approximate surface area is 180 Å². The summed E-state index contributed by atoms with van der Waals surface area (Å²) in [6.45, 7) is 8.98. The fourth-order valence-electron chi connectivity index (χ4n) is 3.02. The number of amides is 1. The third-order valence-electron chi connectivity index (χ3n) is 4.24. The van der Waals surface area contributed by atoms with Gasteiger partial charge in [0.05, 0.1) is 36.2 Å². The molecule has 0 fully saturated rings. The van der Waals surface area contributed by atoms with E-state index >= 15 is 0 Å². The summed E-state index contributed by atoms with van der Waals surface area (Å²) in [4.78, 5) is 17.6. The van der Waals surface area contributed by atoms with Gasteiger partial charge in [-0.3, -0.25) is 4.79 Å². The molecule has 0 aliphatic heterocycles. The number of para-hydroxylation sites is 1. The lowest BCUT2D eigenvalue weighted by Gasteiger charge is -2.17. The zero-order valence-corrected chi connectivity index (χ0v) is 18.5. The summed E-state index contributed by atoms with van der Waals surface area (Å²) in [5, 5.41) is 5.95. The molecule has 1 amide bonds. The van der Waals surface area contributed by atoms with Crippen LogP contribution in [0.25, 0.3) is 11.3 Å². The molecule has 2 aromatic carbocycles. The van der Waals surface area contributed by atoms with Gasteiger partial charge in [0.25, 0.3) is 5.91 Å². The molecule has 0 radical (unpaired) electrons. The number of aromatic nitrogens is 1. The number of thiazole rings is 1. The molecule has 1 heterocycles. The predicted octanol–water partition coefficient (Wildman–Crippen LogP) is 5.57. The van der Waals surface area contributed by atoms with Gasteiger partial charge in [-0.1, -0.05) is 18.2 Å². The van der Waals surface area contributed by atoms with Crippen LogP contribution < -0.4 is 19.5 Å². The van der Waals surface area contributed by atoms with Crippen molar-refractivity contribution in [1.29, 1.82) is 0 Å². The molecule has 1 aromatic heterocycles. The van der Waals surface area contributed by atoms with E-state index in [0.29, 0.717) is 48.3 Å². The van der Waals surface area contributed by atoms with Crippen molar-refractivity contribution in [2.24, 2.45) is 0 Å². The molecule has 0 saturated heterocycles. The SMILES string of the molecule is CCOc1cc(C(=O)Nc2ccccc2-c2csc(C)n2)cc(OCC)c1OCC. The minimum atomic E-state index is -0.264. The van der Waals surface area contributed by atoms with Crippen molar-refractivity contribution in [3.8, 4) is 28.5 Å². The van der Waals surface area contributed by atoms with E-state index in [1.807, 2.05) is 57.3 Å². The van der Waals surface area contributed by atoms with Gasteiger partial charge in [-0.05, 0) is 45.9 Å². The van der Waals surface area contributed by atoms with Crippen molar-refractivity contribution < 1.29 is 19.0 Å². The van der Waals surface area contributed by atoms with Crippen molar-refractivity contribution in [2.75, 3.05) is 25.1 Å².